The van der Waals surface area contributed by atoms with E-state index in [0.717, 1.165) is 17.7 Å². The lowest BCUT2D eigenvalue weighted by molar-refractivity contribution is -0.137. The molecule has 2 heterocycles. The van der Waals surface area contributed by atoms with Crippen LogP contribution in [0.4, 0.5) is 13.2 Å². The zero-order valence-electron chi connectivity index (χ0n) is 15.1. The number of halogens is 4. The topological polar surface area (TPSA) is 64.7 Å². The van der Waals surface area contributed by atoms with E-state index in [2.05, 4.69) is 20.3 Å². The van der Waals surface area contributed by atoms with Gasteiger partial charge in [0.2, 0.25) is 11.7 Å². The molecule has 0 amide bonds. The van der Waals surface area contributed by atoms with Crippen LogP contribution in [0.15, 0.2) is 70.2 Å². The Balaban J connectivity index is 1.42. The van der Waals surface area contributed by atoms with Crippen LogP contribution in [0.3, 0.4) is 0 Å². The van der Waals surface area contributed by atoms with Gasteiger partial charge in [-0.3, -0.25) is 0 Å². The molecule has 0 aliphatic heterocycles. The Hall–Kier alpha value is -2.91. The number of benzene rings is 2. The molecule has 0 saturated carbocycles. The molecule has 4 rings (SSSR count). The summed E-state index contributed by atoms with van der Waals surface area (Å²) in [7, 11) is 0. The number of rotatable bonds is 5. The van der Waals surface area contributed by atoms with Gasteiger partial charge in [-0.1, -0.05) is 52.8 Å². The molecule has 10 heteroatoms. The van der Waals surface area contributed by atoms with Gasteiger partial charge in [0.25, 0.3) is 0 Å². The third kappa shape index (κ3) is 4.80. The summed E-state index contributed by atoms with van der Waals surface area (Å²) in [6.45, 7) is 0. The number of alkyl halides is 3. The lowest BCUT2D eigenvalue weighted by Gasteiger charge is -2.06. The first-order valence-electron chi connectivity index (χ1n) is 8.61. The molecule has 0 spiro atoms. The van der Waals surface area contributed by atoms with E-state index in [1.165, 1.54) is 23.9 Å². The van der Waals surface area contributed by atoms with Crippen LogP contribution in [-0.2, 0) is 11.9 Å². The van der Waals surface area contributed by atoms with E-state index >= 15 is 0 Å². The highest BCUT2D eigenvalue weighted by Crippen LogP contribution is 2.32. The normalized spacial score (nSPS) is 11.6. The van der Waals surface area contributed by atoms with E-state index in [1.807, 2.05) is 18.2 Å². The molecule has 0 N–H and O–H groups in total. The van der Waals surface area contributed by atoms with E-state index in [1.54, 1.807) is 18.2 Å². The van der Waals surface area contributed by atoms with Crippen molar-refractivity contribution in [2.45, 2.75) is 17.0 Å². The van der Waals surface area contributed by atoms with Crippen LogP contribution in [0.5, 0.6) is 0 Å². The molecule has 0 saturated heterocycles. The van der Waals surface area contributed by atoms with Crippen molar-refractivity contribution in [3.05, 3.63) is 77.1 Å². The van der Waals surface area contributed by atoms with Crippen LogP contribution in [0, 0.1) is 0 Å². The molecule has 0 unspecified atom stereocenters. The standard InChI is InChI=1S/C20H12ClF3N4OS/c21-15-6-2-3-12(10-15)16-7-8-18(27-26-16)30-11-17-25-19(28-29-17)13-4-1-5-14(9-13)20(22,23)24/h1-10H,11H2. The quantitative estimate of drug-likeness (QED) is 0.341. The summed E-state index contributed by atoms with van der Waals surface area (Å²) >= 11 is 7.31. The van der Waals surface area contributed by atoms with Gasteiger partial charge < -0.3 is 4.52 Å². The smallest absolute Gasteiger partial charge is 0.338 e. The van der Waals surface area contributed by atoms with Gasteiger partial charge in [0, 0.05) is 16.1 Å². The van der Waals surface area contributed by atoms with E-state index < -0.39 is 11.7 Å². The Labute approximate surface area is 178 Å². The summed E-state index contributed by atoms with van der Waals surface area (Å²) in [6, 6.07) is 15.7. The largest absolute Gasteiger partial charge is 0.416 e. The minimum absolute atomic E-state index is 0.0964. The van der Waals surface area contributed by atoms with Gasteiger partial charge in [0.05, 0.1) is 17.0 Å². The van der Waals surface area contributed by atoms with Crippen LogP contribution in [0.2, 0.25) is 5.02 Å². The molecule has 0 radical (unpaired) electrons. The SMILES string of the molecule is FC(F)(F)c1cccc(-c2noc(CSc3ccc(-c4cccc(Cl)c4)nn3)n2)c1. The predicted octanol–water partition coefficient (Wildman–Crippen LogP) is 6.16. The summed E-state index contributed by atoms with van der Waals surface area (Å²) < 4.78 is 43.7. The molecule has 0 fully saturated rings. The van der Waals surface area contributed by atoms with Gasteiger partial charge in [-0.15, -0.1) is 10.2 Å². The van der Waals surface area contributed by atoms with Crippen molar-refractivity contribution in [2.75, 3.05) is 0 Å². The van der Waals surface area contributed by atoms with Crippen molar-refractivity contribution in [3.63, 3.8) is 0 Å². The Morgan fingerprint density at radius 3 is 2.47 bits per heavy atom. The second-order valence-electron chi connectivity index (χ2n) is 6.15. The molecule has 152 valence electrons. The fourth-order valence-electron chi connectivity index (χ4n) is 2.60. The van der Waals surface area contributed by atoms with Crippen LogP contribution in [0.25, 0.3) is 22.6 Å². The second kappa shape index (κ2) is 8.45. The number of thioether (sulfide) groups is 1. The van der Waals surface area contributed by atoms with Gasteiger partial charge in [-0.25, -0.2) is 0 Å². The second-order valence-corrected chi connectivity index (χ2v) is 7.58. The Kier molecular flexibility index (Phi) is 5.74. The Morgan fingerprint density at radius 2 is 1.73 bits per heavy atom. The highest BCUT2D eigenvalue weighted by Gasteiger charge is 2.30. The van der Waals surface area contributed by atoms with Crippen molar-refractivity contribution in [1.82, 2.24) is 20.3 Å². The first kappa shape index (κ1) is 20.4. The average molecular weight is 449 g/mol. The monoisotopic (exact) mass is 448 g/mol. The molecular formula is C20H12ClF3N4OS. The van der Waals surface area contributed by atoms with Crippen LogP contribution < -0.4 is 0 Å². The Morgan fingerprint density at radius 1 is 0.933 bits per heavy atom. The third-order valence-electron chi connectivity index (χ3n) is 4.02. The highest BCUT2D eigenvalue weighted by molar-refractivity contribution is 7.98. The van der Waals surface area contributed by atoms with Gasteiger partial charge >= 0.3 is 6.18 Å². The van der Waals surface area contributed by atoms with Crippen molar-refractivity contribution in [3.8, 4) is 22.6 Å². The van der Waals surface area contributed by atoms with Crippen LogP contribution in [0.1, 0.15) is 11.5 Å². The summed E-state index contributed by atoms with van der Waals surface area (Å²) in [5.74, 6) is 0.671. The van der Waals surface area contributed by atoms with E-state index in [0.29, 0.717) is 21.5 Å². The minimum Gasteiger partial charge on any atom is -0.338 e. The number of hydrogen-bond acceptors (Lipinski definition) is 6. The third-order valence-corrected chi connectivity index (χ3v) is 5.16. The van der Waals surface area contributed by atoms with E-state index in [9.17, 15) is 13.2 Å². The molecule has 2 aromatic carbocycles. The molecule has 0 aliphatic rings. The maximum atomic E-state index is 12.9. The molecule has 0 atom stereocenters. The summed E-state index contributed by atoms with van der Waals surface area (Å²) in [5.41, 5.74) is 1.01. The van der Waals surface area contributed by atoms with E-state index in [4.69, 9.17) is 16.1 Å². The highest BCUT2D eigenvalue weighted by atomic mass is 35.5. The fraction of sp³-hybridized carbons (Fsp3) is 0.100. The molecule has 4 aromatic rings. The lowest BCUT2D eigenvalue weighted by Crippen LogP contribution is -2.04. The number of nitrogens with zero attached hydrogens (tertiary/aromatic N) is 4. The van der Waals surface area contributed by atoms with Crippen molar-refractivity contribution in [2.24, 2.45) is 0 Å². The fourth-order valence-corrected chi connectivity index (χ4v) is 3.44. The minimum atomic E-state index is -4.44. The molecule has 30 heavy (non-hydrogen) atoms. The maximum absolute atomic E-state index is 12.9. The molecule has 5 nitrogen and oxygen atoms in total. The zero-order chi connectivity index (χ0) is 21.1. The van der Waals surface area contributed by atoms with Crippen LogP contribution >= 0.6 is 23.4 Å². The van der Waals surface area contributed by atoms with Gasteiger partial charge in [0.15, 0.2) is 0 Å². The lowest BCUT2D eigenvalue weighted by atomic mass is 10.1. The van der Waals surface area contributed by atoms with Crippen molar-refractivity contribution in [1.29, 1.82) is 0 Å². The number of aromatic nitrogens is 4. The van der Waals surface area contributed by atoms with Crippen molar-refractivity contribution < 1.29 is 17.7 Å². The first-order valence-corrected chi connectivity index (χ1v) is 9.97. The van der Waals surface area contributed by atoms with E-state index in [-0.39, 0.29) is 17.3 Å². The van der Waals surface area contributed by atoms with Gasteiger partial charge in [0.1, 0.15) is 5.03 Å². The average Bonchev–Trinajstić information content (AvgIpc) is 3.21. The van der Waals surface area contributed by atoms with Gasteiger partial charge in [-0.05, 0) is 36.4 Å². The Bertz CT molecular complexity index is 1170. The van der Waals surface area contributed by atoms with Gasteiger partial charge in [-0.2, -0.15) is 18.2 Å². The molecular weight excluding hydrogens is 437 g/mol. The van der Waals surface area contributed by atoms with Crippen molar-refractivity contribution >= 4 is 23.4 Å². The molecule has 2 aromatic heterocycles. The van der Waals surface area contributed by atoms with Crippen LogP contribution in [-0.4, -0.2) is 20.3 Å². The maximum Gasteiger partial charge on any atom is 0.416 e. The summed E-state index contributed by atoms with van der Waals surface area (Å²) in [6.07, 6.45) is -4.44. The first-order chi connectivity index (χ1) is 14.4. The molecule has 0 bridgehead atoms. The number of hydrogen-bond donors (Lipinski definition) is 0. The summed E-state index contributed by atoms with van der Waals surface area (Å²) in [4.78, 5) is 4.16. The summed E-state index contributed by atoms with van der Waals surface area (Å²) in [5, 5.41) is 13.4. The molecule has 0 aliphatic carbocycles. The zero-order valence-corrected chi connectivity index (χ0v) is 16.7. The predicted molar refractivity (Wildman–Crippen MR) is 107 cm³/mol.